The molecule has 0 spiro atoms. The first kappa shape index (κ1) is 21.2. The maximum atomic E-state index is 13.9. The van der Waals surface area contributed by atoms with Crippen LogP contribution in [0.1, 0.15) is 11.4 Å². The van der Waals surface area contributed by atoms with E-state index >= 15 is 0 Å². The number of hydrogen-bond acceptors (Lipinski definition) is 5. The molecule has 2 aromatic heterocycles. The van der Waals surface area contributed by atoms with Gasteiger partial charge in [-0.15, -0.1) is 0 Å². The second-order valence-electron chi connectivity index (χ2n) is 7.20. The quantitative estimate of drug-likeness (QED) is 0.470. The van der Waals surface area contributed by atoms with Crippen LogP contribution in [0.4, 0.5) is 14.5 Å². The van der Waals surface area contributed by atoms with E-state index in [4.69, 9.17) is 9.26 Å². The smallest absolute Gasteiger partial charge is 0.260 e. The molecule has 0 saturated carbocycles. The maximum Gasteiger partial charge on any atom is 0.260 e. The number of nitrogens with zero attached hydrogens (tertiary/aromatic N) is 3. The van der Waals surface area contributed by atoms with E-state index in [2.05, 4.69) is 15.5 Å². The summed E-state index contributed by atoms with van der Waals surface area (Å²) in [7, 11) is 1.37. The number of rotatable bonds is 6. The molecule has 2 aromatic carbocycles. The zero-order chi connectivity index (χ0) is 22.8. The van der Waals surface area contributed by atoms with Crippen LogP contribution >= 0.6 is 0 Å². The average molecular weight is 438 g/mol. The van der Waals surface area contributed by atoms with E-state index in [1.54, 1.807) is 22.8 Å². The summed E-state index contributed by atoms with van der Waals surface area (Å²) in [6.07, 6.45) is 0. The molecule has 32 heavy (non-hydrogen) atoms. The van der Waals surface area contributed by atoms with Gasteiger partial charge in [0.15, 0.2) is 11.6 Å². The highest BCUT2D eigenvalue weighted by Crippen LogP contribution is 2.28. The normalized spacial score (nSPS) is 10.9. The zero-order valence-corrected chi connectivity index (χ0v) is 17.6. The van der Waals surface area contributed by atoms with E-state index in [0.717, 1.165) is 11.4 Å². The third-order valence-corrected chi connectivity index (χ3v) is 5.07. The van der Waals surface area contributed by atoms with Gasteiger partial charge in [-0.25, -0.2) is 8.78 Å². The number of hydrogen-bond donors (Lipinski definition) is 1. The zero-order valence-electron chi connectivity index (χ0n) is 17.6. The van der Waals surface area contributed by atoms with E-state index < -0.39 is 5.82 Å². The van der Waals surface area contributed by atoms with Gasteiger partial charge in [0.05, 0.1) is 12.7 Å². The summed E-state index contributed by atoms with van der Waals surface area (Å²) in [5.74, 6) is -0.499. The van der Waals surface area contributed by atoms with Crippen molar-refractivity contribution in [2.24, 2.45) is 0 Å². The Morgan fingerprint density at radius 1 is 1.12 bits per heavy atom. The Morgan fingerprint density at radius 3 is 2.56 bits per heavy atom. The molecule has 164 valence electrons. The van der Waals surface area contributed by atoms with Crippen LogP contribution in [0.15, 0.2) is 53.1 Å². The lowest BCUT2D eigenvalue weighted by Gasteiger charge is -2.11. The fourth-order valence-electron chi connectivity index (χ4n) is 3.40. The number of benzene rings is 2. The number of nitrogens with one attached hydrogen (secondary N) is 1. The van der Waals surface area contributed by atoms with Gasteiger partial charge in [-0.05, 0) is 56.3 Å². The highest BCUT2D eigenvalue weighted by molar-refractivity contribution is 5.90. The summed E-state index contributed by atoms with van der Waals surface area (Å²) >= 11 is 0. The molecular formula is C23H20F2N4O3. The molecule has 1 amide bonds. The lowest BCUT2D eigenvalue weighted by atomic mass is 10.2. The van der Waals surface area contributed by atoms with Crippen molar-refractivity contribution in [2.45, 2.75) is 20.4 Å². The maximum absolute atomic E-state index is 13.9. The molecule has 0 radical (unpaired) electrons. The van der Waals surface area contributed by atoms with Gasteiger partial charge >= 0.3 is 0 Å². The minimum atomic E-state index is -0.561. The number of aryl methyl sites for hydroxylation is 1. The molecule has 4 aromatic rings. The lowest BCUT2D eigenvalue weighted by molar-refractivity contribution is -0.116. The molecule has 9 heteroatoms. The molecule has 0 aliphatic heterocycles. The molecular weight excluding hydrogens is 418 g/mol. The fraction of sp³-hybridized carbons (Fsp3) is 0.174. The Hall–Kier alpha value is -4.01. The minimum Gasteiger partial charge on any atom is -0.494 e. The minimum absolute atomic E-state index is 0.0181. The van der Waals surface area contributed by atoms with Crippen LogP contribution in [0, 0.1) is 25.5 Å². The first-order valence-electron chi connectivity index (χ1n) is 9.76. The Bertz CT molecular complexity index is 1280. The Morgan fingerprint density at radius 2 is 1.88 bits per heavy atom. The van der Waals surface area contributed by atoms with Crippen molar-refractivity contribution in [3.63, 3.8) is 0 Å². The van der Waals surface area contributed by atoms with E-state index in [0.29, 0.717) is 28.5 Å². The summed E-state index contributed by atoms with van der Waals surface area (Å²) in [6, 6.07) is 11.8. The van der Waals surface area contributed by atoms with Gasteiger partial charge < -0.3 is 19.1 Å². The largest absolute Gasteiger partial charge is 0.494 e. The Kier molecular flexibility index (Phi) is 5.72. The number of carbonyl (C=O) groups is 1. The van der Waals surface area contributed by atoms with Crippen molar-refractivity contribution in [2.75, 3.05) is 12.4 Å². The van der Waals surface area contributed by atoms with Crippen LogP contribution in [0.3, 0.4) is 0 Å². The Labute approximate surface area is 182 Å². The highest BCUT2D eigenvalue weighted by atomic mass is 19.1. The van der Waals surface area contributed by atoms with Crippen molar-refractivity contribution < 1.29 is 22.8 Å². The third kappa shape index (κ3) is 4.22. The number of anilines is 1. The van der Waals surface area contributed by atoms with Crippen LogP contribution in [0.25, 0.3) is 22.8 Å². The number of carbonyl (C=O) groups excluding carboxylic acids is 1. The van der Waals surface area contributed by atoms with Crippen molar-refractivity contribution >= 4 is 11.6 Å². The molecule has 0 saturated heterocycles. The third-order valence-electron chi connectivity index (χ3n) is 5.07. The van der Waals surface area contributed by atoms with E-state index in [1.807, 2.05) is 19.9 Å². The highest BCUT2D eigenvalue weighted by Gasteiger charge is 2.19. The molecule has 7 nitrogen and oxygen atoms in total. The average Bonchev–Trinajstić information content (AvgIpc) is 3.35. The standard InChI is InChI=1S/C23H20F2N4O3/c1-13-10-18(23-27-22(28-32-23)15-4-6-16(24)7-5-15)14(2)29(13)12-21(30)26-17-8-9-20(31-3)19(25)11-17/h4-11H,12H2,1-3H3,(H,26,30). The second kappa shape index (κ2) is 8.62. The summed E-state index contributed by atoms with van der Waals surface area (Å²) < 4.78 is 39.1. The summed E-state index contributed by atoms with van der Waals surface area (Å²) in [5.41, 5.74) is 3.22. The first-order valence-corrected chi connectivity index (χ1v) is 9.76. The van der Waals surface area contributed by atoms with Gasteiger partial charge in [0.1, 0.15) is 12.4 Å². The van der Waals surface area contributed by atoms with Crippen LogP contribution in [0.2, 0.25) is 0 Å². The van der Waals surface area contributed by atoms with Crippen molar-refractivity contribution in [1.82, 2.24) is 14.7 Å². The summed E-state index contributed by atoms with van der Waals surface area (Å²) in [6.45, 7) is 3.71. The van der Waals surface area contributed by atoms with Gasteiger partial charge in [0.25, 0.3) is 5.89 Å². The van der Waals surface area contributed by atoms with Crippen molar-refractivity contribution in [3.05, 3.63) is 71.6 Å². The molecule has 0 atom stereocenters. The van der Waals surface area contributed by atoms with Crippen molar-refractivity contribution in [1.29, 1.82) is 0 Å². The van der Waals surface area contributed by atoms with Crippen molar-refractivity contribution in [3.8, 4) is 28.6 Å². The number of methoxy groups -OCH3 is 1. The molecule has 0 aliphatic rings. The Balaban J connectivity index is 1.52. The van der Waals surface area contributed by atoms with Gasteiger partial charge in [0, 0.05) is 28.7 Å². The molecule has 1 N–H and O–H groups in total. The van der Waals surface area contributed by atoms with E-state index in [1.165, 1.54) is 31.4 Å². The SMILES string of the molecule is COc1ccc(NC(=O)Cn2c(C)cc(-c3nc(-c4ccc(F)cc4)no3)c2C)cc1F. The molecule has 0 aliphatic carbocycles. The molecule has 2 heterocycles. The molecule has 0 unspecified atom stereocenters. The predicted octanol–water partition coefficient (Wildman–Crippen LogP) is 4.75. The van der Waals surface area contributed by atoms with Crippen LogP contribution in [-0.2, 0) is 11.3 Å². The van der Waals surface area contributed by atoms with E-state index in [-0.39, 0.29) is 24.0 Å². The molecule has 4 rings (SSSR count). The summed E-state index contributed by atoms with van der Waals surface area (Å²) in [4.78, 5) is 16.9. The topological polar surface area (TPSA) is 82.2 Å². The predicted molar refractivity (Wildman–Crippen MR) is 114 cm³/mol. The second-order valence-corrected chi connectivity index (χ2v) is 7.20. The summed E-state index contributed by atoms with van der Waals surface area (Å²) in [5, 5.41) is 6.65. The molecule has 0 fully saturated rings. The monoisotopic (exact) mass is 438 g/mol. The first-order chi connectivity index (χ1) is 15.4. The lowest BCUT2D eigenvalue weighted by Crippen LogP contribution is -2.20. The van der Waals surface area contributed by atoms with Gasteiger partial charge in [-0.3, -0.25) is 4.79 Å². The van der Waals surface area contributed by atoms with Crippen LogP contribution in [0.5, 0.6) is 5.75 Å². The van der Waals surface area contributed by atoms with Crippen LogP contribution in [-0.4, -0.2) is 27.7 Å². The van der Waals surface area contributed by atoms with Gasteiger partial charge in [-0.2, -0.15) is 4.98 Å². The van der Waals surface area contributed by atoms with Gasteiger partial charge in [-0.1, -0.05) is 5.16 Å². The number of ether oxygens (including phenoxy) is 1. The van der Waals surface area contributed by atoms with E-state index in [9.17, 15) is 13.6 Å². The fourth-order valence-corrected chi connectivity index (χ4v) is 3.40. The van der Waals surface area contributed by atoms with Crippen LogP contribution < -0.4 is 10.1 Å². The van der Waals surface area contributed by atoms with Gasteiger partial charge in [0.2, 0.25) is 11.7 Å². The number of amides is 1. The number of aromatic nitrogens is 3. The molecule has 0 bridgehead atoms. The number of halogens is 2.